The van der Waals surface area contributed by atoms with E-state index in [4.69, 9.17) is 0 Å². The molecule has 1 radical (unpaired) electrons. The first-order valence-corrected chi connectivity index (χ1v) is 3.02. The number of rotatable bonds is 0. The predicted octanol–water partition coefficient (Wildman–Crippen LogP) is 0.768. The van der Waals surface area contributed by atoms with Crippen LogP contribution in [0.3, 0.4) is 0 Å². The smallest absolute Gasteiger partial charge is 0.117 e. The van der Waals surface area contributed by atoms with Crippen LogP contribution < -0.4 is 0 Å². The maximum absolute atomic E-state index is 4.04. The lowest BCUT2D eigenvalue weighted by atomic mass is 10.3. The van der Waals surface area contributed by atoms with E-state index < -0.39 is 0 Å². The number of aryl methyl sites for hydroxylation is 1. The second kappa shape index (κ2) is 1.80. The third kappa shape index (κ3) is 0.603. The molecule has 3 nitrogen and oxygen atoms in total. The zero-order valence-electron chi connectivity index (χ0n) is 5.57. The molecule has 2 rings (SSSR count). The first-order chi connectivity index (χ1) is 4.88. The van der Waals surface area contributed by atoms with Gasteiger partial charge in [-0.25, -0.2) is 0 Å². The van der Waals surface area contributed by atoms with Crippen LogP contribution in [0.5, 0.6) is 0 Å². The Labute approximate surface area is 58.3 Å². The van der Waals surface area contributed by atoms with E-state index in [1.54, 1.807) is 17.1 Å². The molecular weight excluding hydrogens is 126 g/mol. The summed E-state index contributed by atoms with van der Waals surface area (Å²) in [5, 5.41) is 5.12. The van der Waals surface area contributed by atoms with Gasteiger partial charge in [0.1, 0.15) is 6.20 Å². The predicted molar refractivity (Wildman–Crippen MR) is 37.3 cm³/mol. The molecule has 0 bridgehead atoms. The Hall–Kier alpha value is -1.38. The minimum absolute atomic E-state index is 0.947. The second-order valence-corrected chi connectivity index (χ2v) is 2.13. The Bertz CT molecular complexity index is 350. The minimum atomic E-state index is 0.947. The third-order valence-corrected chi connectivity index (χ3v) is 1.47. The summed E-state index contributed by atoms with van der Waals surface area (Å²) in [6, 6.07) is 1.92. The molecule has 2 heterocycles. The van der Waals surface area contributed by atoms with Crippen molar-refractivity contribution in [3.05, 3.63) is 24.7 Å². The zero-order valence-corrected chi connectivity index (χ0v) is 5.57. The van der Waals surface area contributed by atoms with Gasteiger partial charge in [0.25, 0.3) is 0 Å². The molecule has 0 fully saturated rings. The van der Waals surface area contributed by atoms with Crippen LogP contribution >= 0.6 is 0 Å². The van der Waals surface area contributed by atoms with Crippen molar-refractivity contribution in [3.63, 3.8) is 0 Å². The number of fused-ring (bicyclic) bond motifs is 1. The SMILES string of the molecule is Cn1ncc2ccn[c]c21. The lowest BCUT2D eigenvalue weighted by Crippen LogP contribution is -1.88. The molecule has 0 aliphatic carbocycles. The van der Waals surface area contributed by atoms with Gasteiger partial charge in [-0.15, -0.1) is 0 Å². The van der Waals surface area contributed by atoms with Gasteiger partial charge in [0.2, 0.25) is 0 Å². The van der Waals surface area contributed by atoms with Gasteiger partial charge in [-0.2, -0.15) is 5.10 Å². The lowest BCUT2D eigenvalue weighted by molar-refractivity contribution is 0.795. The summed E-state index contributed by atoms with van der Waals surface area (Å²) in [5.74, 6) is 0. The first-order valence-electron chi connectivity index (χ1n) is 3.02. The average Bonchev–Trinajstić information content (AvgIpc) is 2.34. The van der Waals surface area contributed by atoms with Crippen molar-refractivity contribution in [1.82, 2.24) is 14.8 Å². The normalized spacial score (nSPS) is 10.5. The van der Waals surface area contributed by atoms with E-state index >= 15 is 0 Å². The Morgan fingerprint density at radius 2 is 2.50 bits per heavy atom. The molecule has 2 aromatic heterocycles. The molecular formula is C7H6N3. The Morgan fingerprint density at radius 1 is 1.60 bits per heavy atom. The highest BCUT2D eigenvalue weighted by atomic mass is 15.2. The van der Waals surface area contributed by atoms with Crippen LogP contribution in [0.15, 0.2) is 18.5 Å². The third-order valence-electron chi connectivity index (χ3n) is 1.47. The summed E-state index contributed by atoms with van der Waals surface area (Å²) >= 11 is 0. The fourth-order valence-electron chi connectivity index (χ4n) is 0.929. The lowest BCUT2D eigenvalue weighted by Gasteiger charge is -1.88. The average molecular weight is 132 g/mol. The van der Waals surface area contributed by atoms with Crippen molar-refractivity contribution < 1.29 is 0 Å². The highest BCUT2D eigenvalue weighted by Crippen LogP contribution is 2.07. The van der Waals surface area contributed by atoms with E-state index in [9.17, 15) is 0 Å². The van der Waals surface area contributed by atoms with E-state index in [0.29, 0.717) is 0 Å². The standard InChI is InChI=1S/C7H6N3/c1-10-7-5-8-3-2-6(7)4-9-10/h2-4H,1H3. The van der Waals surface area contributed by atoms with Gasteiger partial charge in [0, 0.05) is 18.6 Å². The number of nitrogens with zero attached hydrogens (tertiary/aromatic N) is 3. The number of hydrogen-bond acceptors (Lipinski definition) is 2. The number of hydrogen-bond donors (Lipinski definition) is 0. The van der Waals surface area contributed by atoms with Gasteiger partial charge in [-0.05, 0) is 6.07 Å². The van der Waals surface area contributed by atoms with Crippen LogP contribution in [0.25, 0.3) is 10.9 Å². The molecule has 0 unspecified atom stereocenters. The van der Waals surface area contributed by atoms with E-state index in [1.165, 1.54) is 0 Å². The molecule has 2 aromatic rings. The van der Waals surface area contributed by atoms with Gasteiger partial charge in [0.05, 0.1) is 11.7 Å². The van der Waals surface area contributed by atoms with Crippen LogP contribution in [-0.4, -0.2) is 14.8 Å². The maximum atomic E-state index is 4.04. The fourth-order valence-corrected chi connectivity index (χ4v) is 0.929. The summed E-state index contributed by atoms with van der Waals surface area (Å²) < 4.78 is 1.75. The summed E-state index contributed by atoms with van der Waals surface area (Å²) in [5.41, 5.74) is 0.947. The molecule has 0 amide bonds. The van der Waals surface area contributed by atoms with E-state index in [2.05, 4.69) is 16.3 Å². The van der Waals surface area contributed by atoms with Crippen molar-refractivity contribution in [1.29, 1.82) is 0 Å². The molecule has 3 heteroatoms. The van der Waals surface area contributed by atoms with Crippen molar-refractivity contribution in [2.75, 3.05) is 0 Å². The number of aromatic nitrogens is 3. The van der Waals surface area contributed by atoms with E-state index in [-0.39, 0.29) is 0 Å². The van der Waals surface area contributed by atoms with Crippen molar-refractivity contribution in [2.24, 2.45) is 7.05 Å². The minimum Gasteiger partial charge on any atom is -0.266 e. The van der Waals surface area contributed by atoms with Crippen molar-refractivity contribution in [2.45, 2.75) is 0 Å². The van der Waals surface area contributed by atoms with E-state index in [1.807, 2.05) is 13.1 Å². The first kappa shape index (κ1) is 5.41. The van der Waals surface area contributed by atoms with Crippen molar-refractivity contribution >= 4 is 10.9 Å². The fraction of sp³-hybridized carbons (Fsp3) is 0.143. The van der Waals surface area contributed by atoms with Crippen LogP contribution in [0.4, 0.5) is 0 Å². The molecule has 0 atom stereocenters. The molecule has 0 spiro atoms. The summed E-state index contributed by atoms with van der Waals surface area (Å²) in [6.07, 6.45) is 6.36. The van der Waals surface area contributed by atoms with Crippen molar-refractivity contribution in [3.8, 4) is 0 Å². The molecule has 0 aliphatic rings. The Morgan fingerprint density at radius 3 is 3.30 bits per heavy atom. The van der Waals surface area contributed by atoms with Crippen LogP contribution in [0, 0.1) is 6.20 Å². The Kier molecular flexibility index (Phi) is 0.974. The summed E-state index contributed by atoms with van der Waals surface area (Å²) in [7, 11) is 1.88. The zero-order chi connectivity index (χ0) is 6.97. The quantitative estimate of drug-likeness (QED) is 0.530. The largest absolute Gasteiger partial charge is 0.266 e. The molecule has 0 N–H and O–H groups in total. The summed E-state index contributed by atoms with van der Waals surface area (Å²) in [6.45, 7) is 0. The second-order valence-electron chi connectivity index (χ2n) is 2.13. The van der Waals surface area contributed by atoms with Gasteiger partial charge >= 0.3 is 0 Å². The topological polar surface area (TPSA) is 30.7 Å². The number of pyridine rings is 1. The molecule has 0 aromatic carbocycles. The molecule has 0 saturated heterocycles. The van der Waals surface area contributed by atoms with Crippen LogP contribution in [0.2, 0.25) is 0 Å². The Balaban J connectivity index is 2.93. The molecule has 0 aliphatic heterocycles. The highest BCUT2D eigenvalue weighted by Gasteiger charge is 1.95. The molecule has 10 heavy (non-hydrogen) atoms. The van der Waals surface area contributed by atoms with E-state index in [0.717, 1.165) is 10.9 Å². The molecule has 49 valence electrons. The maximum Gasteiger partial charge on any atom is 0.117 e. The van der Waals surface area contributed by atoms with Gasteiger partial charge in [0.15, 0.2) is 0 Å². The van der Waals surface area contributed by atoms with Gasteiger partial charge in [-0.3, -0.25) is 9.67 Å². The van der Waals surface area contributed by atoms with Gasteiger partial charge in [-0.1, -0.05) is 0 Å². The monoisotopic (exact) mass is 132 g/mol. The molecule has 0 saturated carbocycles. The highest BCUT2D eigenvalue weighted by molar-refractivity contribution is 5.76. The van der Waals surface area contributed by atoms with Gasteiger partial charge < -0.3 is 0 Å². The van der Waals surface area contributed by atoms with Crippen LogP contribution in [-0.2, 0) is 7.05 Å². The summed E-state index contributed by atoms with van der Waals surface area (Å²) in [4.78, 5) is 3.86. The van der Waals surface area contributed by atoms with Crippen LogP contribution in [0.1, 0.15) is 0 Å².